The normalized spacial score (nSPS) is 20.5. The van der Waals surface area contributed by atoms with Gasteiger partial charge in [0, 0.05) is 42.8 Å². The molecule has 0 aromatic heterocycles. The molecule has 2 N–H and O–H groups in total. The first-order chi connectivity index (χ1) is 29.6. The summed E-state index contributed by atoms with van der Waals surface area (Å²) in [5, 5.41) is 5.66. The van der Waals surface area contributed by atoms with E-state index in [1.165, 1.54) is 0 Å². The number of benzene rings is 2. The molecule has 0 saturated heterocycles. The van der Waals surface area contributed by atoms with Gasteiger partial charge < -0.3 is 43.8 Å². The molecular formula is C48H66N2O12. The summed E-state index contributed by atoms with van der Waals surface area (Å²) in [6, 6.07) is 7.55. The van der Waals surface area contributed by atoms with Crippen molar-refractivity contribution in [1.29, 1.82) is 0 Å². The van der Waals surface area contributed by atoms with Crippen molar-refractivity contribution in [2.45, 2.75) is 149 Å². The molecule has 340 valence electrons. The third-order valence-electron chi connectivity index (χ3n) is 12.2. The van der Waals surface area contributed by atoms with Gasteiger partial charge in [-0.05, 0) is 133 Å². The summed E-state index contributed by atoms with van der Waals surface area (Å²) in [4.78, 5) is 61.1. The maximum Gasteiger partial charge on any atom is 0.412 e. The molecule has 2 aromatic carbocycles. The maximum absolute atomic E-state index is 13.3. The summed E-state index contributed by atoms with van der Waals surface area (Å²) < 4.78 is 40.7. The summed E-state index contributed by atoms with van der Waals surface area (Å²) in [5.74, 6) is 1.36. The van der Waals surface area contributed by atoms with Crippen LogP contribution in [0.4, 0.5) is 9.59 Å². The summed E-state index contributed by atoms with van der Waals surface area (Å²) in [6.07, 6.45) is 10.5. The van der Waals surface area contributed by atoms with E-state index in [-0.39, 0.29) is 29.7 Å². The minimum absolute atomic E-state index is 0.0201. The van der Waals surface area contributed by atoms with E-state index in [4.69, 9.17) is 33.2 Å². The molecule has 2 aliphatic heterocycles. The third kappa shape index (κ3) is 12.9. The Morgan fingerprint density at radius 3 is 1.92 bits per heavy atom. The first-order valence-electron chi connectivity index (χ1n) is 22.3. The van der Waals surface area contributed by atoms with Crippen molar-refractivity contribution in [1.82, 2.24) is 10.6 Å². The van der Waals surface area contributed by atoms with Crippen LogP contribution in [0.15, 0.2) is 24.3 Å². The Labute approximate surface area is 366 Å². The average Bonchev–Trinajstić information content (AvgIpc) is 3.20. The zero-order valence-electron chi connectivity index (χ0n) is 37.6. The predicted octanol–water partition coefficient (Wildman–Crippen LogP) is 9.06. The van der Waals surface area contributed by atoms with Gasteiger partial charge in [-0.2, -0.15) is 0 Å². The van der Waals surface area contributed by atoms with Gasteiger partial charge in [-0.1, -0.05) is 38.8 Å². The summed E-state index contributed by atoms with van der Waals surface area (Å²) >= 11 is 0. The fourth-order valence-corrected chi connectivity index (χ4v) is 8.86. The molecule has 3 atom stereocenters. The van der Waals surface area contributed by atoms with Gasteiger partial charge in [0.1, 0.15) is 28.8 Å². The van der Waals surface area contributed by atoms with E-state index in [2.05, 4.69) is 31.4 Å². The Hall–Kier alpha value is -5.27. The van der Waals surface area contributed by atoms with E-state index in [0.717, 1.165) is 41.5 Å². The molecule has 14 heteroatoms. The van der Waals surface area contributed by atoms with E-state index in [9.17, 15) is 24.0 Å². The lowest BCUT2D eigenvalue weighted by atomic mass is 9.57. The monoisotopic (exact) mass is 862 g/mol. The third-order valence-corrected chi connectivity index (χ3v) is 12.2. The number of amides is 2. The van der Waals surface area contributed by atoms with Crippen LogP contribution in [0.1, 0.15) is 141 Å². The molecule has 1 saturated carbocycles. The highest BCUT2D eigenvalue weighted by atomic mass is 16.6. The largest absolute Gasteiger partial charge is 0.487 e. The molecule has 14 nitrogen and oxygen atoms in total. The van der Waals surface area contributed by atoms with E-state index in [0.29, 0.717) is 114 Å². The molecule has 0 unspecified atom stereocenters. The van der Waals surface area contributed by atoms with Crippen molar-refractivity contribution in [2.75, 3.05) is 26.3 Å². The minimum Gasteiger partial charge on any atom is -0.487 e. The smallest absolute Gasteiger partial charge is 0.412 e. The Kier molecular flexibility index (Phi) is 16.7. The van der Waals surface area contributed by atoms with E-state index >= 15 is 0 Å². The van der Waals surface area contributed by atoms with Crippen LogP contribution in [-0.4, -0.2) is 74.2 Å². The first kappa shape index (κ1) is 47.8. The summed E-state index contributed by atoms with van der Waals surface area (Å²) in [6.45, 7) is 15.9. The predicted molar refractivity (Wildman–Crippen MR) is 233 cm³/mol. The van der Waals surface area contributed by atoms with Gasteiger partial charge in [-0.3, -0.25) is 14.4 Å². The molecule has 0 spiro atoms. The first-order valence-corrected chi connectivity index (χ1v) is 22.3. The number of carbonyl (C=O) groups is 5. The number of hydrogen-bond donors (Lipinski definition) is 2. The number of unbranched alkanes of at least 4 members (excludes halogenated alkanes) is 4. The molecule has 5 rings (SSSR count). The van der Waals surface area contributed by atoms with Crippen molar-refractivity contribution in [3.63, 3.8) is 0 Å². The number of hydrogen-bond acceptors (Lipinski definition) is 12. The number of fused-ring (bicyclic) bond motifs is 3. The minimum atomic E-state index is -0.621. The van der Waals surface area contributed by atoms with Crippen molar-refractivity contribution < 1.29 is 57.1 Å². The van der Waals surface area contributed by atoms with E-state index in [1.54, 1.807) is 19.9 Å². The van der Waals surface area contributed by atoms with Crippen LogP contribution in [0.3, 0.4) is 0 Å². The standard InChI is InChI=1S/C48H66N2O12/c1-8-56-41(52)16-12-10-14-24-49-44(54)59-36-27-33(28-37-35(36)20-22-46(3,4)61-37)19-18-32-26-34-30-39-47(5,6)40(58-31-51)21-23-48(39,7)62-43(34)38(29-32)60-45(55)50-25-15-11-13-17-42(53)57-9-2/h18-19,26-29,31,39-40H,8-17,20-25,30H2,1-7H3,(H,49,54)(H,50,55)/b19-18+/t39-,40-,48-/m1/s1. The molecule has 2 aromatic rings. The maximum atomic E-state index is 13.3. The number of esters is 2. The number of nitrogens with one attached hydrogen (secondary N) is 2. The van der Waals surface area contributed by atoms with Crippen LogP contribution in [0.25, 0.3) is 12.2 Å². The highest BCUT2D eigenvalue weighted by Crippen LogP contribution is 2.55. The van der Waals surface area contributed by atoms with Crippen LogP contribution in [0.2, 0.25) is 0 Å². The fraction of sp³-hybridized carbons (Fsp3) is 0.604. The second kappa shape index (κ2) is 21.7. The molecule has 2 heterocycles. The second-order valence-corrected chi connectivity index (χ2v) is 17.8. The van der Waals surface area contributed by atoms with Crippen LogP contribution >= 0.6 is 0 Å². The van der Waals surface area contributed by atoms with Gasteiger partial charge in [0.05, 0.1) is 13.2 Å². The lowest BCUT2D eigenvalue weighted by molar-refractivity contribution is -0.167. The highest BCUT2D eigenvalue weighted by molar-refractivity contribution is 5.78. The molecular weight excluding hydrogens is 797 g/mol. The zero-order valence-corrected chi connectivity index (χ0v) is 37.6. The Bertz CT molecular complexity index is 1940. The second-order valence-electron chi connectivity index (χ2n) is 17.8. The Morgan fingerprint density at radius 2 is 1.32 bits per heavy atom. The van der Waals surface area contributed by atoms with Gasteiger partial charge in [-0.25, -0.2) is 9.59 Å². The van der Waals surface area contributed by atoms with Gasteiger partial charge in [-0.15, -0.1) is 0 Å². The quantitative estimate of drug-likeness (QED) is 0.0426. The van der Waals surface area contributed by atoms with Gasteiger partial charge >= 0.3 is 24.1 Å². The van der Waals surface area contributed by atoms with Gasteiger partial charge in [0.15, 0.2) is 11.5 Å². The number of ether oxygens (including phenoxy) is 7. The highest BCUT2D eigenvalue weighted by Gasteiger charge is 2.56. The van der Waals surface area contributed by atoms with Gasteiger partial charge in [0.2, 0.25) is 0 Å². The van der Waals surface area contributed by atoms with Crippen molar-refractivity contribution in [3.8, 4) is 23.0 Å². The fourth-order valence-electron chi connectivity index (χ4n) is 8.86. The summed E-state index contributed by atoms with van der Waals surface area (Å²) in [5.41, 5.74) is 1.72. The molecule has 0 bridgehead atoms. The average molecular weight is 863 g/mol. The lowest BCUT2D eigenvalue weighted by Crippen LogP contribution is -2.59. The molecule has 1 fully saturated rings. The Balaban J connectivity index is 1.36. The van der Waals surface area contributed by atoms with E-state index < -0.39 is 28.8 Å². The number of rotatable bonds is 20. The number of carbonyl (C=O) groups excluding carboxylic acids is 5. The van der Waals surface area contributed by atoms with Crippen LogP contribution in [0, 0.1) is 11.3 Å². The van der Waals surface area contributed by atoms with Crippen LogP contribution in [-0.2, 0) is 41.4 Å². The van der Waals surface area contributed by atoms with Gasteiger partial charge in [0.25, 0.3) is 6.47 Å². The zero-order chi connectivity index (χ0) is 44.9. The van der Waals surface area contributed by atoms with Crippen LogP contribution < -0.4 is 29.6 Å². The lowest BCUT2D eigenvalue weighted by Gasteiger charge is -2.55. The topological polar surface area (TPSA) is 174 Å². The Morgan fingerprint density at radius 1 is 0.742 bits per heavy atom. The SMILES string of the molecule is CCOC(=O)CCCCCNC(=O)Oc1cc(/C=C/c2cc3c(c(OC(=O)NCCCCCC(=O)OCC)c2)O[C@]2(C)CC[C@@H](OC=O)C(C)(C)[C@H]2C3)cc2c1CCC(C)(C)O2. The van der Waals surface area contributed by atoms with Crippen LogP contribution in [0.5, 0.6) is 23.0 Å². The molecule has 1 aliphatic carbocycles. The van der Waals surface area contributed by atoms with E-state index in [1.807, 2.05) is 44.2 Å². The molecule has 0 radical (unpaired) electrons. The van der Waals surface area contributed by atoms with Crippen molar-refractivity contribution in [3.05, 3.63) is 46.5 Å². The van der Waals surface area contributed by atoms with Crippen molar-refractivity contribution >= 4 is 42.7 Å². The molecule has 62 heavy (non-hydrogen) atoms. The molecule has 2 amide bonds. The molecule has 3 aliphatic rings. The van der Waals surface area contributed by atoms with Crippen molar-refractivity contribution in [2.24, 2.45) is 11.3 Å². The summed E-state index contributed by atoms with van der Waals surface area (Å²) in [7, 11) is 0.